The summed E-state index contributed by atoms with van der Waals surface area (Å²) in [6.45, 7) is 2.12. The van der Waals surface area contributed by atoms with Crippen LogP contribution in [-0.2, 0) is 4.79 Å². The molecule has 0 saturated heterocycles. The Balaban J connectivity index is 2.12. The van der Waals surface area contributed by atoms with E-state index in [0.717, 1.165) is 44.9 Å². The number of rotatable bonds is 4. The molecule has 0 bridgehead atoms. The van der Waals surface area contributed by atoms with Gasteiger partial charge < -0.3 is 11.1 Å². The van der Waals surface area contributed by atoms with Crippen molar-refractivity contribution in [3.8, 4) is 0 Å². The Morgan fingerprint density at radius 1 is 1.11 bits per heavy atom. The molecular weight excluding hydrogens is 256 g/mol. The molecule has 2 saturated carbocycles. The Bertz CT molecular complexity index is 355. The number of nitrogens with one attached hydrogen (secondary N) is 1. The van der Waals surface area contributed by atoms with E-state index in [2.05, 4.69) is 12.2 Å². The van der Waals surface area contributed by atoms with Gasteiger partial charge in [0.05, 0.1) is 10.5 Å². The summed E-state index contributed by atoms with van der Waals surface area (Å²) in [5.41, 5.74) is 5.39. The van der Waals surface area contributed by atoms with Crippen LogP contribution in [0.1, 0.15) is 71.1 Å². The van der Waals surface area contributed by atoms with E-state index in [1.807, 2.05) is 0 Å². The van der Waals surface area contributed by atoms with Crippen LogP contribution >= 0.6 is 12.2 Å². The van der Waals surface area contributed by atoms with Crippen LogP contribution in [0.15, 0.2) is 0 Å². The van der Waals surface area contributed by atoms with Crippen molar-refractivity contribution in [1.29, 1.82) is 0 Å². The fourth-order valence-corrected chi connectivity index (χ4v) is 3.99. The second-order valence-corrected chi connectivity index (χ2v) is 6.74. The second kappa shape index (κ2) is 5.78. The van der Waals surface area contributed by atoms with Crippen LogP contribution in [0.3, 0.4) is 0 Å². The lowest BCUT2D eigenvalue weighted by Crippen LogP contribution is -2.60. The smallest absolute Gasteiger partial charge is 0.226 e. The molecule has 0 aromatic rings. The van der Waals surface area contributed by atoms with Crippen molar-refractivity contribution in [3.63, 3.8) is 0 Å². The van der Waals surface area contributed by atoms with Gasteiger partial charge in [-0.2, -0.15) is 0 Å². The zero-order valence-electron chi connectivity index (χ0n) is 12.0. The molecule has 0 aromatic heterocycles. The highest BCUT2D eigenvalue weighted by Gasteiger charge is 2.44. The Hall–Kier alpha value is -0.640. The molecule has 0 aromatic carbocycles. The molecule has 0 spiro atoms. The van der Waals surface area contributed by atoms with Crippen molar-refractivity contribution in [1.82, 2.24) is 5.32 Å². The lowest BCUT2D eigenvalue weighted by molar-refractivity contribution is -0.132. The summed E-state index contributed by atoms with van der Waals surface area (Å²) in [7, 11) is 0. The Morgan fingerprint density at radius 2 is 1.63 bits per heavy atom. The predicted molar refractivity (Wildman–Crippen MR) is 81.9 cm³/mol. The maximum absolute atomic E-state index is 12.7. The van der Waals surface area contributed by atoms with Crippen LogP contribution in [0.4, 0.5) is 0 Å². The van der Waals surface area contributed by atoms with E-state index in [4.69, 9.17) is 18.0 Å². The highest BCUT2D eigenvalue weighted by molar-refractivity contribution is 7.80. The average Bonchev–Trinajstić information content (AvgIpc) is 2.89. The molecule has 0 atom stereocenters. The molecule has 1 amide bonds. The molecule has 108 valence electrons. The average molecular weight is 282 g/mol. The molecule has 0 heterocycles. The molecule has 2 fully saturated rings. The zero-order chi connectivity index (χ0) is 13.9. The lowest BCUT2D eigenvalue weighted by atomic mass is 9.78. The first kappa shape index (κ1) is 14.8. The number of thiocarbonyl (C=S) groups is 1. The molecule has 3 N–H and O–H groups in total. The summed E-state index contributed by atoms with van der Waals surface area (Å²) >= 11 is 5.26. The van der Waals surface area contributed by atoms with E-state index in [-0.39, 0.29) is 11.3 Å². The first-order valence-electron chi connectivity index (χ1n) is 7.67. The zero-order valence-corrected chi connectivity index (χ0v) is 12.8. The van der Waals surface area contributed by atoms with Crippen molar-refractivity contribution < 1.29 is 4.79 Å². The minimum absolute atomic E-state index is 0.158. The van der Waals surface area contributed by atoms with Crippen LogP contribution in [-0.4, -0.2) is 16.4 Å². The molecule has 0 aliphatic heterocycles. The second-order valence-electron chi connectivity index (χ2n) is 6.30. The number of carbonyl (C=O) groups excluding carboxylic acids is 1. The molecule has 4 heteroatoms. The summed E-state index contributed by atoms with van der Waals surface area (Å²) < 4.78 is 0. The Kier molecular flexibility index (Phi) is 4.49. The van der Waals surface area contributed by atoms with Gasteiger partial charge in [0.2, 0.25) is 5.91 Å². The molecule has 2 rings (SSSR count). The van der Waals surface area contributed by atoms with Gasteiger partial charge >= 0.3 is 0 Å². The van der Waals surface area contributed by atoms with E-state index in [9.17, 15) is 4.79 Å². The van der Waals surface area contributed by atoms with Crippen molar-refractivity contribution in [2.45, 2.75) is 76.7 Å². The molecule has 2 aliphatic carbocycles. The third kappa shape index (κ3) is 2.78. The van der Waals surface area contributed by atoms with Crippen molar-refractivity contribution >= 4 is 23.1 Å². The normalized spacial score (nSPS) is 24.9. The minimum Gasteiger partial charge on any atom is -0.391 e. The van der Waals surface area contributed by atoms with Gasteiger partial charge in [0.25, 0.3) is 0 Å². The molecular formula is C15H26N2OS. The maximum Gasteiger partial charge on any atom is 0.226 e. The van der Waals surface area contributed by atoms with E-state index in [1.54, 1.807) is 0 Å². The predicted octanol–water partition coefficient (Wildman–Crippen LogP) is 3.06. The number of hydrogen-bond donors (Lipinski definition) is 2. The van der Waals surface area contributed by atoms with Gasteiger partial charge in [0.15, 0.2) is 0 Å². The van der Waals surface area contributed by atoms with Crippen LogP contribution in [0.5, 0.6) is 0 Å². The first-order chi connectivity index (χ1) is 9.05. The molecule has 0 unspecified atom stereocenters. The lowest BCUT2D eigenvalue weighted by Gasteiger charge is -2.40. The quantitative estimate of drug-likeness (QED) is 0.779. The Labute approximate surface area is 121 Å². The number of carbonyl (C=O) groups is 1. The first-order valence-corrected chi connectivity index (χ1v) is 8.08. The largest absolute Gasteiger partial charge is 0.391 e. The summed E-state index contributed by atoms with van der Waals surface area (Å²) in [6, 6.07) is 0. The Morgan fingerprint density at radius 3 is 2.11 bits per heavy atom. The summed E-state index contributed by atoms with van der Waals surface area (Å²) in [4.78, 5) is 13.2. The summed E-state index contributed by atoms with van der Waals surface area (Å²) in [6.07, 6.45) is 10.6. The summed E-state index contributed by atoms with van der Waals surface area (Å²) in [5.74, 6) is 0.196. The SMILES string of the molecule is CCC1(C(=O)NC2(C(N)=S)CCCCC2)CCCC1. The van der Waals surface area contributed by atoms with E-state index in [0.29, 0.717) is 4.99 Å². The third-order valence-electron chi connectivity index (χ3n) is 5.25. The summed E-state index contributed by atoms with van der Waals surface area (Å²) in [5, 5.41) is 3.26. The molecule has 3 nitrogen and oxygen atoms in total. The molecule has 2 aliphatic rings. The van der Waals surface area contributed by atoms with E-state index in [1.165, 1.54) is 19.3 Å². The van der Waals surface area contributed by atoms with Gasteiger partial charge in [-0.1, -0.05) is 51.2 Å². The van der Waals surface area contributed by atoms with Gasteiger partial charge in [-0.25, -0.2) is 0 Å². The van der Waals surface area contributed by atoms with Crippen molar-refractivity contribution in [2.24, 2.45) is 11.1 Å². The fourth-order valence-electron chi connectivity index (χ4n) is 3.73. The van der Waals surface area contributed by atoms with Crippen LogP contribution < -0.4 is 11.1 Å². The maximum atomic E-state index is 12.7. The number of hydrogen-bond acceptors (Lipinski definition) is 2. The van der Waals surface area contributed by atoms with E-state index >= 15 is 0 Å². The highest BCUT2D eigenvalue weighted by Crippen LogP contribution is 2.42. The van der Waals surface area contributed by atoms with Crippen LogP contribution in [0.25, 0.3) is 0 Å². The molecule has 19 heavy (non-hydrogen) atoms. The molecule has 0 radical (unpaired) electrons. The van der Waals surface area contributed by atoms with Gasteiger partial charge in [-0.05, 0) is 32.1 Å². The highest BCUT2D eigenvalue weighted by atomic mass is 32.1. The van der Waals surface area contributed by atoms with Gasteiger partial charge in [-0.15, -0.1) is 0 Å². The fraction of sp³-hybridized carbons (Fsp3) is 0.867. The topological polar surface area (TPSA) is 55.1 Å². The van der Waals surface area contributed by atoms with Crippen molar-refractivity contribution in [3.05, 3.63) is 0 Å². The monoisotopic (exact) mass is 282 g/mol. The number of nitrogens with two attached hydrogens (primary N) is 1. The van der Waals surface area contributed by atoms with Crippen LogP contribution in [0, 0.1) is 5.41 Å². The van der Waals surface area contributed by atoms with E-state index < -0.39 is 5.54 Å². The third-order valence-corrected chi connectivity index (χ3v) is 5.64. The van der Waals surface area contributed by atoms with Crippen molar-refractivity contribution in [2.75, 3.05) is 0 Å². The van der Waals surface area contributed by atoms with Gasteiger partial charge in [-0.3, -0.25) is 4.79 Å². The number of amides is 1. The minimum atomic E-state index is -0.407. The van der Waals surface area contributed by atoms with Gasteiger partial charge in [0.1, 0.15) is 0 Å². The standard InChI is InChI=1S/C15H26N2OS/c1-2-14(8-6-7-9-14)13(18)17-15(12(16)19)10-4-3-5-11-15/h2-11H2,1H3,(H2,16,19)(H,17,18). The van der Waals surface area contributed by atoms with Gasteiger partial charge in [0, 0.05) is 5.41 Å². The van der Waals surface area contributed by atoms with Crippen LogP contribution in [0.2, 0.25) is 0 Å².